The van der Waals surface area contributed by atoms with Gasteiger partial charge in [0.2, 0.25) is 0 Å². The predicted octanol–water partition coefficient (Wildman–Crippen LogP) is 3.48. The average molecular weight is 390 g/mol. The lowest BCUT2D eigenvalue weighted by molar-refractivity contribution is -0.154. The van der Waals surface area contributed by atoms with Gasteiger partial charge in [0.15, 0.2) is 11.6 Å². The molecule has 154 valence electrons. The Bertz CT molecular complexity index is 553. The molecule has 2 aliphatic rings. The molecule has 0 unspecified atom stereocenters. The summed E-state index contributed by atoms with van der Waals surface area (Å²) in [7, 11) is 0. The van der Waals surface area contributed by atoms with Crippen LogP contribution in [0.25, 0.3) is 0 Å². The van der Waals surface area contributed by atoms with Gasteiger partial charge < -0.3 is 9.47 Å². The van der Waals surface area contributed by atoms with E-state index in [0.29, 0.717) is 11.8 Å². The first-order valence-electron chi connectivity index (χ1n) is 10.1. The van der Waals surface area contributed by atoms with Crippen LogP contribution >= 0.6 is 0 Å². The molecular weight excluding hydrogens is 360 g/mol. The van der Waals surface area contributed by atoms with Gasteiger partial charge in [0.1, 0.15) is 25.0 Å². The molecule has 0 aromatic heterocycles. The van der Waals surface area contributed by atoms with Gasteiger partial charge in [-0.3, -0.25) is 19.2 Å². The van der Waals surface area contributed by atoms with Crippen molar-refractivity contribution in [2.24, 2.45) is 11.8 Å². The van der Waals surface area contributed by atoms with Crippen molar-refractivity contribution >= 4 is 23.5 Å². The molecule has 0 aromatic rings. The molecule has 2 fully saturated rings. The molecule has 2 aliphatic carbocycles. The van der Waals surface area contributed by atoms with Gasteiger partial charge in [0.05, 0.1) is 0 Å². The maximum absolute atomic E-state index is 11.7. The van der Waals surface area contributed by atoms with E-state index in [4.69, 9.17) is 9.47 Å². The van der Waals surface area contributed by atoms with Crippen LogP contribution in [0.1, 0.15) is 64.2 Å². The van der Waals surface area contributed by atoms with Gasteiger partial charge in [-0.05, 0) is 75.4 Å². The molecule has 0 heterocycles. The Morgan fingerprint density at radius 3 is 1.25 bits per heavy atom. The smallest absolute Gasteiger partial charge is 0.313 e. The summed E-state index contributed by atoms with van der Waals surface area (Å²) in [4.78, 5) is 45.9. The molecule has 0 bridgehead atoms. The van der Waals surface area contributed by atoms with Crippen molar-refractivity contribution < 1.29 is 28.7 Å². The topological polar surface area (TPSA) is 86.7 Å². The van der Waals surface area contributed by atoms with E-state index in [0.717, 1.165) is 63.5 Å². The number of ketones is 2. The highest BCUT2D eigenvalue weighted by Crippen LogP contribution is 2.39. The third kappa shape index (κ3) is 7.06. The number of carbonyl (C=O) groups excluding carboxylic acids is 4. The molecule has 0 N–H and O–H groups in total. The zero-order chi connectivity index (χ0) is 20.5. The monoisotopic (exact) mass is 390 g/mol. The molecular formula is C22H30O6. The Labute approximate surface area is 166 Å². The molecule has 0 atom stereocenters. The molecule has 0 amide bonds. The van der Waals surface area contributed by atoms with Crippen LogP contribution in [0.4, 0.5) is 0 Å². The minimum atomic E-state index is -0.467. The van der Waals surface area contributed by atoms with Crippen LogP contribution in [0, 0.1) is 11.8 Å². The summed E-state index contributed by atoms with van der Waals surface area (Å²) in [6.45, 7) is 6.71. The lowest BCUT2D eigenvalue weighted by atomic mass is 9.72. The number of hydrogen-bond donors (Lipinski definition) is 0. The number of carbonyl (C=O) groups is 4. The standard InChI is InChI=1S/C22H30O6/c1-3-17(23)13-21(25)27-19-9-5-15(6-10-19)16-7-11-20(12-8-16)28-22(26)14-18(24)4-2/h3-4,15-16,19-20H,1-2,5-14H2. The molecule has 6 nitrogen and oxygen atoms in total. The number of ether oxygens (including phenoxy) is 2. The Balaban J connectivity index is 1.66. The second kappa shape index (κ2) is 10.9. The lowest BCUT2D eigenvalue weighted by Gasteiger charge is -2.37. The SMILES string of the molecule is C=CC(=O)CC(=O)OC1CCC(C2CCC(OC(=O)CC(=O)C=C)CC2)CC1. The predicted molar refractivity (Wildman–Crippen MR) is 103 cm³/mol. The third-order valence-electron chi connectivity index (χ3n) is 5.79. The average Bonchev–Trinajstić information content (AvgIpc) is 2.68. The van der Waals surface area contributed by atoms with E-state index in [-0.39, 0.29) is 36.6 Å². The van der Waals surface area contributed by atoms with Crippen LogP contribution in [0.2, 0.25) is 0 Å². The molecule has 2 saturated carbocycles. The first-order chi connectivity index (χ1) is 13.4. The molecule has 2 rings (SSSR count). The van der Waals surface area contributed by atoms with Gasteiger partial charge in [-0.15, -0.1) is 0 Å². The van der Waals surface area contributed by atoms with Crippen molar-refractivity contribution in [1.82, 2.24) is 0 Å². The van der Waals surface area contributed by atoms with Crippen LogP contribution in [0.3, 0.4) is 0 Å². The Kier molecular flexibility index (Phi) is 8.61. The summed E-state index contributed by atoms with van der Waals surface area (Å²) >= 11 is 0. The molecule has 6 heteroatoms. The number of rotatable bonds is 9. The fourth-order valence-electron chi connectivity index (χ4n) is 4.24. The summed E-state index contributed by atoms with van der Waals surface area (Å²) in [5.41, 5.74) is 0. The second-order valence-electron chi connectivity index (χ2n) is 7.75. The zero-order valence-corrected chi connectivity index (χ0v) is 16.4. The van der Waals surface area contributed by atoms with Crippen molar-refractivity contribution in [2.45, 2.75) is 76.4 Å². The van der Waals surface area contributed by atoms with Crippen LogP contribution in [0.15, 0.2) is 25.3 Å². The van der Waals surface area contributed by atoms with Crippen molar-refractivity contribution in [1.29, 1.82) is 0 Å². The molecule has 0 saturated heterocycles. The quantitative estimate of drug-likeness (QED) is 0.340. The molecule has 0 radical (unpaired) electrons. The minimum absolute atomic E-state index is 0.0962. The second-order valence-corrected chi connectivity index (χ2v) is 7.75. The van der Waals surface area contributed by atoms with Crippen molar-refractivity contribution in [2.75, 3.05) is 0 Å². The fourth-order valence-corrected chi connectivity index (χ4v) is 4.24. The van der Waals surface area contributed by atoms with Gasteiger partial charge in [-0.1, -0.05) is 13.2 Å². The van der Waals surface area contributed by atoms with Crippen LogP contribution in [-0.4, -0.2) is 35.7 Å². The van der Waals surface area contributed by atoms with Crippen LogP contribution < -0.4 is 0 Å². The molecule has 0 aliphatic heterocycles. The van der Waals surface area contributed by atoms with E-state index in [2.05, 4.69) is 13.2 Å². The molecule has 0 spiro atoms. The van der Waals surface area contributed by atoms with Gasteiger partial charge in [-0.2, -0.15) is 0 Å². The molecule has 0 aromatic carbocycles. The highest BCUT2D eigenvalue weighted by atomic mass is 16.5. The Morgan fingerprint density at radius 2 is 0.964 bits per heavy atom. The summed E-state index contributed by atoms with van der Waals surface area (Å²) in [6, 6.07) is 0. The summed E-state index contributed by atoms with van der Waals surface area (Å²) in [6.07, 6.45) is 8.99. The summed E-state index contributed by atoms with van der Waals surface area (Å²) in [5.74, 6) is -0.362. The Morgan fingerprint density at radius 1 is 0.643 bits per heavy atom. The van der Waals surface area contributed by atoms with Crippen molar-refractivity contribution in [3.8, 4) is 0 Å². The van der Waals surface area contributed by atoms with Gasteiger partial charge in [-0.25, -0.2) is 0 Å². The summed E-state index contributed by atoms with van der Waals surface area (Å²) < 4.78 is 10.8. The Hall–Kier alpha value is -2.24. The van der Waals surface area contributed by atoms with E-state index >= 15 is 0 Å². The number of allylic oxidation sites excluding steroid dienone is 2. The van der Waals surface area contributed by atoms with Crippen LogP contribution in [-0.2, 0) is 28.7 Å². The minimum Gasteiger partial charge on any atom is -0.462 e. The van der Waals surface area contributed by atoms with E-state index in [9.17, 15) is 19.2 Å². The first kappa shape index (κ1) is 22.1. The van der Waals surface area contributed by atoms with E-state index in [1.807, 2.05) is 0 Å². The van der Waals surface area contributed by atoms with Gasteiger partial charge >= 0.3 is 11.9 Å². The summed E-state index contributed by atoms with van der Waals surface area (Å²) in [5, 5.41) is 0. The van der Waals surface area contributed by atoms with Crippen molar-refractivity contribution in [3.63, 3.8) is 0 Å². The largest absolute Gasteiger partial charge is 0.462 e. The maximum atomic E-state index is 11.7. The number of esters is 2. The van der Waals surface area contributed by atoms with E-state index < -0.39 is 11.9 Å². The highest BCUT2D eigenvalue weighted by Gasteiger charge is 2.33. The lowest BCUT2D eigenvalue weighted by Crippen LogP contribution is -2.32. The number of hydrogen-bond acceptors (Lipinski definition) is 6. The van der Waals surface area contributed by atoms with Gasteiger partial charge in [0.25, 0.3) is 0 Å². The van der Waals surface area contributed by atoms with E-state index in [1.54, 1.807) is 0 Å². The van der Waals surface area contributed by atoms with E-state index in [1.165, 1.54) is 0 Å². The van der Waals surface area contributed by atoms with Crippen LogP contribution in [0.5, 0.6) is 0 Å². The van der Waals surface area contributed by atoms with Gasteiger partial charge in [0, 0.05) is 0 Å². The first-order valence-corrected chi connectivity index (χ1v) is 10.1. The normalized spacial score (nSPS) is 27.3. The zero-order valence-electron chi connectivity index (χ0n) is 16.4. The highest BCUT2D eigenvalue weighted by molar-refractivity contribution is 6.02. The fraction of sp³-hybridized carbons (Fsp3) is 0.636. The third-order valence-corrected chi connectivity index (χ3v) is 5.79. The maximum Gasteiger partial charge on any atom is 0.313 e. The molecule has 28 heavy (non-hydrogen) atoms. The van der Waals surface area contributed by atoms with Crippen molar-refractivity contribution in [3.05, 3.63) is 25.3 Å².